The molecule has 18 heavy (non-hydrogen) atoms. The fourth-order valence-corrected chi connectivity index (χ4v) is 2.75. The number of thiazole rings is 1. The van der Waals surface area contributed by atoms with E-state index in [1.54, 1.807) is 12.4 Å². The van der Waals surface area contributed by atoms with Crippen LogP contribution in [0.3, 0.4) is 0 Å². The van der Waals surface area contributed by atoms with Crippen LogP contribution in [-0.2, 0) is 5.41 Å². The minimum atomic E-state index is -0.127. The van der Waals surface area contributed by atoms with Gasteiger partial charge in [0.15, 0.2) is 0 Å². The number of pyridine rings is 1. The lowest BCUT2D eigenvalue weighted by Crippen LogP contribution is -2.19. The Kier molecular flexibility index (Phi) is 3.17. The summed E-state index contributed by atoms with van der Waals surface area (Å²) in [5.74, 6) is 0.0764. The number of hydrogen-bond donors (Lipinski definition) is 2. The van der Waals surface area contributed by atoms with Crippen LogP contribution in [0.5, 0.6) is 0 Å². The van der Waals surface area contributed by atoms with Crippen LogP contribution in [0.2, 0.25) is 0 Å². The number of nitrogen functional groups attached to an aromatic ring is 1. The van der Waals surface area contributed by atoms with E-state index in [1.165, 1.54) is 11.3 Å². The van der Waals surface area contributed by atoms with Crippen molar-refractivity contribution < 1.29 is 0 Å². The maximum Gasteiger partial charge on any atom is 0.135 e. The molecule has 0 atom stereocenters. The lowest BCUT2D eigenvalue weighted by molar-refractivity contribution is 0.572. The summed E-state index contributed by atoms with van der Waals surface area (Å²) in [6.45, 7) is 6.21. The van der Waals surface area contributed by atoms with Gasteiger partial charge in [-0.05, 0) is 12.1 Å². The largest absolute Gasteiger partial charge is 0.383 e. The van der Waals surface area contributed by atoms with Crippen molar-refractivity contribution in [2.24, 2.45) is 5.73 Å². The standard InChI is InChI=1S/C13H16N4S/c1-13(2,3)10-9(11(14)15)18-12(17-10)8-5-4-6-16-7-8/h4-7H,1-3H3,(H3,14,15). The average molecular weight is 260 g/mol. The lowest BCUT2D eigenvalue weighted by atomic mass is 9.91. The van der Waals surface area contributed by atoms with Crippen LogP contribution in [0.4, 0.5) is 0 Å². The zero-order valence-electron chi connectivity index (χ0n) is 10.7. The van der Waals surface area contributed by atoms with Crippen molar-refractivity contribution in [2.45, 2.75) is 26.2 Å². The maximum absolute atomic E-state index is 7.66. The van der Waals surface area contributed by atoms with Gasteiger partial charge in [-0.2, -0.15) is 0 Å². The zero-order valence-corrected chi connectivity index (χ0v) is 11.5. The Bertz CT molecular complexity index is 566. The van der Waals surface area contributed by atoms with E-state index in [9.17, 15) is 0 Å². The molecule has 2 heterocycles. The monoisotopic (exact) mass is 260 g/mol. The Hall–Kier alpha value is -1.75. The molecule has 5 heteroatoms. The van der Waals surface area contributed by atoms with Crippen LogP contribution in [0.15, 0.2) is 24.5 Å². The summed E-state index contributed by atoms with van der Waals surface area (Å²) in [5.41, 5.74) is 7.35. The maximum atomic E-state index is 7.66. The molecule has 2 aromatic heterocycles. The molecule has 0 saturated heterocycles. The van der Waals surface area contributed by atoms with Gasteiger partial charge in [0.25, 0.3) is 0 Å². The molecule has 2 rings (SSSR count). The normalized spacial score (nSPS) is 11.5. The van der Waals surface area contributed by atoms with Crippen LogP contribution in [-0.4, -0.2) is 15.8 Å². The number of amidine groups is 1. The number of nitrogens with two attached hydrogens (primary N) is 1. The highest BCUT2D eigenvalue weighted by molar-refractivity contribution is 7.17. The molecule has 4 nitrogen and oxygen atoms in total. The van der Waals surface area contributed by atoms with Crippen molar-refractivity contribution in [3.05, 3.63) is 35.1 Å². The second-order valence-electron chi connectivity index (χ2n) is 5.10. The Morgan fingerprint density at radius 1 is 1.39 bits per heavy atom. The van der Waals surface area contributed by atoms with Crippen LogP contribution < -0.4 is 5.73 Å². The van der Waals surface area contributed by atoms with Gasteiger partial charge in [-0.15, -0.1) is 11.3 Å². The first kappa shape index (κ1) is 12.7. The summed E-state index contributed by atoms with van der Waals surface area (Å²) in [6.07, 6.45) is 3.50. The average Bonchev–Trinajstić information content (AvgIpc) is 2.74. The van der Waals surface area contributed by atoms with Crippen molar-refractivity contribution >= 4 is 17.2 Å². The Morgan fingerprint density at radius 3 is 2.56 bits per heavy atom. The summed E-state index contributed by atoms with van der Waals surface area (Å²) in [7, 11) is 0. The predicted octanol–water partition coefficient (Wildman–Crippen LogP) is 2.79. The quantitative estimate of drug-likeness (QED) is 0.644. The smallest absolute Gasteiger partial charge is 0.135 e. The van der Waals surface area contributed by atoms with Gasteiger partial charge in [-0.3, -0.25) is 10.4 Å². The van der Waals surface area contributed by atoms with Gasteiger partial charge in [0.2, 0.25) is 0 Å². The molecule has 0 amide bonds. The molecular formula is C13H16N4S. The van der Waals surface area contributed by atoms with Crippen LogP contribution in [0, 0.1) is 5.41 Å². The molecule has 0 aromatic carbocycles. The molecule has 3 N–H and O–H groups in total. The Balaban J connectivity index is 2.57. The van der Waals surface area contributed by atoms with Crippen LogP contribution in [0.25, 0.3) is 10.6 Å². The van der Waals surface area contributed by atoms with Crippen molar-refractivity contribution in [3.63, 3.8) is 0 Å². The molecule has 0 aliphatic heterocycles. The highest BCUT2D eigenvalue weighted by Gasteiger charge is 2.25. The minimum absolute atomic E-state index is 0.0764. The van der Waals surface area contributed by atoms with Gasteiger partial charge in [-0.25, -0.2) is 4.98 Å². The summed E-state index contributed by atoms with van der Waals surface area (Å²) in [6, 6.07) is 3.84. The summed E-state index contributed by atoms with van der Waals surface area (Å²) in [5, 5.41) is 8.52. The van der Waals surface area contributed by atoms with Crippen LogP contribution >= 0.6 is 11.3 Å². The number of nitrogens with one attached hydrogen (secondary N) is 1. The summed E-state index contributed by atoms with van der Waals surface area (Å²) < 4.78 is 0. The summed E-state index contributed by atoms with van der Waals surface area (Å²) >= 11 is 1.45. The first-order chi connectivity index (χ1) is 8.39. The first-order valence-electron chi connectivity index (χ1n) is 5.65. The molecule has 2 aromatic rings. The molecular weight excluding hydrogens is 244 g/mol. The molecule has 0 unspecified atom stereocenters. The number of nitrogens with zero attached hydrogens (tertiary/aromatic N) is 2. The van der Waals surface area contributed by atoms with Gasteiger partial charge in [0.05, 0.1) is 10.6 Å². The molecule has 0 aliphatic carbocycles. The Morgan fingerprint density at radius 2 is 2.11 bits per heavy atom. The van der Waals surface area contributed by atoms with E-state index >= 15 is 0 Å². The number of aromatic nitrogens is 2. The van der Waals surface area contributed by atoms with E-state index in [1.807, 2.05) is 12.1 Å². The van der Waals surface area contributed by atoms with Gasteiger partial charge in [-0.1, -0.05) is 20.8 Å². The molecule has 0 aliphatic rings. The number of rotatable bonds is 2. The third kappa shape index (κ3) is 2.41. The lowest BCUT2D eigenvalue weighted by Gasteiger charge is -2.16. The fraction of sp³-hybridized carbons (Fsp3) is 0.308. The Labute approximate surface area is 110 Å². The van der Waals surface area contributed by atoms with Crippen molar-refractivity contribution in [1.82, 2.24) is 9.97 Å². The summed E-state index contributed by atoms with van der Waals surface area (Å²) in [4.78, 5) is 9.47. The molecule has 94 valence electrons. The molecule has 0 fully saturated rings. The third-order valence-corrected chi connectivity index (χ3v) is 3.63. The van der Waals surface area contributed by atoms with E-state index in [-0.39, 0.29) is 11.3 Å². The molecule has 0 radical (unpaired) electrons. The fourth-order valence-electron chi connectivity index (χ4n) is 1.62. The number of hydrogen-bond acceptors (Lipinski definition) is 4. The van der Waals surface area contributed by atoms with Crippen molar-refractivity contribution in [1.29, 1.82) is 5.41 Å². The highest BCUT2D eigenvalue weighted by atomic mass is 32.1. The SMILES string of the molecule is CC(C)(C)c1nc(-c2cccnc2)sc1C(=N)N. The van der Waals surface area contributed by atoms with Crippen molar-refractivity contribution in [3.8, 4) is 10.6 Å². The van der Waals surface area contributed by atoms with E-state index in [2.05, 4.69) is 30.7 Å². The van der Waals surface area contributed by atoms with Crippen molar-refractivity contribution in [2.75, 3.05) is 0 Å². The molecule has 0 bridgehead atoms. The predicted molar refractivity (Wildman–Crippen MR) is 75.1 cm³/mol. The molecule has 0 spiro atoms. The van der Waals surface area contributed by atoms with Gasteiger partial charge < -0.3 is 5.73 Å². The van der Waals surface area contributed by atoms with E-state index in [4.69, 9.17) is 11.1 Å². The van der Waals surface area contributed by atoms with Gasteiger partial charge >= 0.3 is 0 Å². The zero-order chi connectivity index (χ0) is 13.3. The second kappa shape index (κ2) is 4.49. The minimum Gasteiger partial charge on any atom is -0.383 e. The van der Waals surface area contributed by atoms with Gasteiger partial charge in [0, 0.05) is 23.4 Å². The molecule has 0 saturated carbocycles. The van der Waals surface area contributed by atoms with E-state index in [0.717, 1.165) is 21.1 Å². The topological polar surface area (TPSA) is 75.7 Å². The highest BCUT2D eigenvalue weighted by Crippen LogP contribution is 2.33. The third-order valence-electron chi connectivity index (χ3n) is 2.49. The van der Waals surface area contributed by atoms with Crippen LogP contribution in [0.1, 0.15) is 31.3 Å². The second-order valence-corrected chi connectivity index (χ2v) is 6.10. The van der Waals surface area contributed by atoms with Gasteiger partial charge in [0.1, 0.15) is 10.8 Å². The van der Waals surface area contributed by atoms with E-state index < -0.39 is 0 Å². The van der Waals surface area contributed by atoms with E-state index in [0.29, 0.717) is 0 Å². The first-order valence-corrected chi connectivity index (χ1v) is 6.47.